The van der Waals surface area contributed by atoms with Gasteiger partial charge in [-0.3, -0.25) is 15.0 Å². The second-order valence-corrected chi connectivity index (χ2v) is 13.4. The number of nitrogens with two attached hydrogens (primary N) is 1. The quantitative estimate of drug-likeness (QED) is 0.179. The van der Waals surface area contributed by atoms with Gasteiger partial charge < -0.3 is 16.4 Å². The minimum absolute atomic E-state index is 0.278. The van der Waals surface area contributed by atoms with Gasteiger partial charge in [-0.2, -0.15) is 10.2 Å². The number of rotatable bonds is 11. The Morgan fingerprint density at radius 1 is 0.683 bits per heavy atom. The van der Waals surface area contributed by atoms with Crippen LogP contribution >= 0.6 is 0 Å². The summed E-state index contributed by atoms with van der Waals surface area (Å²) in [6, 6.07) is 11.0. The fourth-order valence-electron chi connectivity index (χ4n) is 7.32. The van der Waals surface area contributed by atoms with Crippen molar-refractivity contribution in [2.24, 2.45) is 17.6 Å². The van der Waals surface area contributed by atoms with E-state index in [1.54, 1.807) is 0 Å². The number of carbonyl (C=O) groups excluding carboxylic acids is 1. The van der Waals surface area contributed by atoms with Crippen LogP contribution < -0.4 is 16.4 Å². The summed E-state index contributed by atoms with van der Waals surface area (Å²) < 4.78 is 0. The van der Waals surface area contributed by atoms with Gasteiger partial charge in [0.1, 0.15) is 11.6 Å². The third kappa shape index (κ3) is 6.31. The average Bonchev–Trinajstić information content (AvgIpc) is 3.94. The molecule has 0 spiro atoms. The second-order valence-electron chi connectivity index (χ2n) is 13.4. The van der Waals surface area contributed by atoms with Crippen molar-refractivity contribution >= 4 is 17.5 Å². The van der Waals surface area contributed by atoms with Gasteiger partial charge in [0.05, 0.1) is 11.4 Å². The number of nitrogens with zero attached hydrogens (tertiary/aromatic N) is 2. The molecule has 0 aliphatic heterocycles. The van der Waals surface area contributed by atoms with Gasteiger partial charge >= 0.3 is 0 Å². The van der Waals surface area contributed by atoms with Crippen LogP contribution in [-0.2, 0) is 0 Å². The van der Waals surface area contributed by atoms with E-state index in [-0.39, 0.29) is 5.91 Å². The van der Waals surface area contributed by atoms with Gasteiger partial charge in [0.25, 0.3) is 0 Å². The van der Waals surface area contributed by atoms with Gasteiger partial charge in [-0.1, -0.05) is 12.1 Å². The van der Waals surface area contributed by atoms with E-state index >= 15 is 0 Å². The predicted octanol–water partition coefficient (Wildman–Crippen LogP) is 6.76. The first kappa shape index (κ1) is 26.6. The molecule has 0 saturated heterocycles. The Bertz CT molecular complexity index is 1340. The summed E-state index contributed by atoms with van der Waals surface area (Å²) in [5, 5.41) is 22.4. The summed E-state index contributed by atoms with van der Waals surface area (Å²) in [6.45, 7) is 1.97. The summed E-state index contributed by atoms with van der Waals surface area (Å²) in [5.41, 5.74) is 11.6. The van der Waals surface area contributed by atoms with E-state index in [4.69, 9.17) is 5.73 Å². The smallest absolute Gasteiger partial charge is 0.248 e. The number of aromatic nitrogens is 4. The van der Waals surface area contributed by atoms with Crippen LogP contribution in [0.1, 0.15) is 134 Å². The molecule has 4 aliphatic carbocycles. The molecule has 2 aromatic heterocycles. The Balaban J connectivity index is 0.897. The molecule has 218 valence electrons. The average molecular weight is 556 g/mol. The topological polar surface area (TPSA) is 125 Å². The highest BCUT2D eigenvalue weighted by molar-refractivity contribution is 5.94. The van der Waals surface area contributed by atoms with Crippen LogP contribution in [0, 0.1) is 11.8 Å². The number of aromatic amines is 2. The molecule has 8 heteroatoms. The van der Waals surface area contributed by atoms with E-state index in [9.17, 15) is 4.79 Å². The first-order valence-electron chi connectivity index (χ1n) is 16.1. The minimum Gasteiger partial charge on any atom is -0.370 e. The second kappa shape index (κ2) is 11.5. The third-order valence-corrected chi connectivity index (χ3v) is 10.3. The van der Waals surface area contributed by atoms with Crippen LogP contribution in [0.3, 0.4) is 0 Å². The molecule has 4 saturated carbocycles. The number of H-pyrrole nitrogens is 2. The number of amides is 1. The zero-order valence-electron chi connectivity index (χ0n) is 24.1. The molecule has 0 bridgehead atoms. The van der Waals surface area contributed by atoms with Gasteiger partial charge in [0.2, 0.25) is 5.91 Å². The van der Waals surface area contributed by atoms with Crippen LogP contribution in [0.2, 0.25) is 0 Å². The lowest BCUT2D eigenvalue weighted by Crippen LogP contribution is -2.23. The number of benzene rings is 1. The summed E-state index contributed by atoms with van der Waals surface area (Å²) in [5.74, 6) is 5.43. The Morgan fingerprint density at radius 3 is 1.66 bits per heavy atom. The molecule has 4 fully saturated rings. The molecular formula is C33H45N7O. The zero-order chi connectivity index (χ0) is 27.8. The Labute approximate surface area is 243 Å². The molecular weight excluding hydrogens is 510 g/mol. The van der Waals surface area contributed by atoms with Crippen molar-refractivity contribution in [2.75, 3.05) is 23.7 Å². The minimum atomic E-state index is -0.278. The predicted molar refractivity (Wildman–Crippen MR) is 162 cm³/mol. The van der Waals surface area contributed by atoms with E-state index in [2.05, 4.69) is 61.4 Å². The number of carbonyl (C=O) groups is 1. The van der Waals surface area contributed by atoms with E-state index in [1.807, 2.05) is 0 Å². The molecule has 3 aromatic rings. The van der Waals surface area contributed by atoms with Crippen molar-refractivity contribution < 1.29 is 4.79 Å². The van der Waals surface area contributed by atoms with Crippen molar-refractivity contribution in [2.45, 2.75) is 101 Å². The molecule has 8 nitrogen and oxygen atoms in total. The van der Waals surface area contributed by atoms with Crippen molar-refractivity contribution in [3.8, 4) is 0 Å². The van der Waals surface area contributed by atoms with Crippen LogP contribution in [0.4, 0.5) is 11.6 Å². The summed E-state index contributed by atoms with van der Waals surface area (Å²) >= 11 is 0. The highest BCUT2D eigenvalue weighted by Crippen LogP contribution is 2.42. The number of anilines is 2. The normalized spacial score (nSPS) is 26.5. The molecule has 41 heavy (non-hydrogen) atoms. The van der Waals surface area contributed by atoms with Crippen molar-refractivity contribution in [3.63, 3.8) is 0 Å². The SMILES string of the molecule is NC(=O)c1cc(C2CCC(CNc3cc(C4CC4)n[nH]3)CC2)ccc1C1CCC(CNc2cc(C3CC3)n[nH]2)CC1. The molecule has 4 aliphatic rings. The van der Waals surface area contributed by atoms with Crippen molar-refractivity contribution in [1.82, 2.24) is 20.4 Å². The number of hydrogen-bond donors (Lipinski definition) is 5. The van der Waals surface area contributed by atoms with E-state index in [0.29, 0.717) is 35.5 Å². The van der Waals surface area contributed by atoms with Gasteiger partial charge in [-0.25, -0.2) is 0 Å². The summed E-state index contributed by atoms with van der Waals surface area (Å²) in [6.07, 6.45) is 14.4. The number of primary amides is 1. The molecule has 1 amide bonds. The lowest BCUT2D eigenvalue weighted by atomic mass is 9.75. The van der Waals surface area contributed by atoms with E-state index in [1.165, 1.54) is 73.9 Å². The lowest BCUT2D eigenvalue weighted by molar-refractivity contribution is 0.0998. The first-order valence-corrected chi connectivity index (χ1v) is 16.1. The highest BCUT2D eigenvalue weighted by Gasteiger charge is 2.29. The maximum Gasteiger partial charge on any atom is 0.248 e. The van der Waals surface area contributed by atoms with Gasteiger partial charge in [-0.15, -0.1) is 0 Å². The molecule has 0 unspecified atom stereocenters. The largest absolute Gasteiger partial charge is 0.370 e. The van der Waals surface area contributed by atoms with Crippen LogP contribution in [0.15, 0.2) is 30.3 Å². The van der Waals surface area contributed by atoms with Crippen LogP contribution in [0.25, 0.3) is 0 Å². The van der Waals surface area contributed by atoms with Gasteiger partial charge in [-0.05, 0) is 118 Å². The summed E-state index contributed by atoms with van der Waals surface area (Å²) in [7, 11) is 0. The van der Waals surface area contributed by atoms with E-state index < -0.39 is 0 Å². The molecule has 1 aromatic carbocycles. The first-order chi connectivity index (χ1) is 20.1. The van der Waals surface area contributed by atoms with Gasteiger partial charge in [0.15, 0.2) is 0 Å². The molecule has 0 atom stereocenters. The fraction of sp³-hybridized carbons (Fsp3) is 0.606. The third-order valence-electron chi connectivity index (χ3n) is 10.3. The molecule has 6 N–H and O–H groups in total. The van der Waals surface area contributed by atoms with Gasteiger partial charge in [0, 0.05) is 42.6 Å². The molecule has 2 heterocycles. The molecule has 7 rings (SSSR count). The molecule has 0 radical (unpaired) electrons. The lowest BCUT2D eigenvalue weighted by Gasteiger charge is -2.31. The monoisotopic (exact) mass is 555 g/mol. The van der Waals surface area contributed by atoms with Crippen molar-refractivity contribution in [3.05, 3.63) is 58.4 Å². The summed E-state index contributed by atoms with van der Waals surface area (Å²) in [4.78, 5) is 12.6. The number of hydrogen-bond acceptors (Lipinski definition) is 5. The van der Waals surface area contributed by atoms with Crippen LogP contribution in [0.5, 0.6) is 0 Å². The highest BCUT2D eigenvalue weighted by atomic mass is 16.1. The Kier molecular flexibility index (Phi) is 7.48. The standard InChI is InChI=1S/C33H45N7O/c34-33(41)28-15-26(22-5-1-20(2-6-22)18-35-31-16-29(37-39-31)24-9-10-24)13-14-27(28)23-7-3-21(4-8-23)19-36-32-17-30(38-40-32)25-11-12-25/h13-17,20-25H,1-12,18-19H2,(H2,34,41)(H2,35,37,39)(H2,36,38,40). The Morgan fingerprint density at radius 2 is 1.17 bits per heavy atom. The fourth-order valence-corrected chi connectivity index (χ4v) is 7.32. The Hall–Kier alpha value is -3.29. The van der Waals surface area contributed by atoms with E-state index in [0.717, 1.165) is 56.0 Å². The maximum atomic E-state index is 12.6. The van der Waals surface area contributed by atoms with Crippen molar-refractivity contribution in [1.29, 1.82) is 0 Å². The van der Waals surface area contributed by atoms with Crippen LogP contribution in [-0.4, -0.2) is 39.4 Å². The zero-order valence-corrected chi connectivity index (χ0v) is 24.1. The number of nitrogens with one attached hydrogen (secondary N) is 4. The maximum absolute atomic E-state index is 12.6.